The van der Waals surface area contributed by atoms with Gasteiger partial charge >= 0.3 is 5.97 Å². The standard InChI is InChI=1S/C14H16BrNO6S/c1-21-12-3-2-9(6-11(12)15)14(18)22-7-13(17)16-10-4-5-23(19,20)8-10/h2-3,6,10H,4-5,7-8H2,1H3,(H,16,17)/t10-/m0/s1. The number of ether oxygens (including phenoxy) is 2. The molecule has 1 amide bonds. The summed E-state index contributed by atoms with van der Waals surface area (Å²) in [5.41, 5.74) is 0.272. The summed E-state index contributed by atoms with van der Waals surface area (Å²) < 4.78 is 33.2. The summed E-state index contributed by atoms with van der Waals surface area (Å²) in [5.74, 6) is -0.604. The number of esters is 1. The van der Waals surface area contributed by atoms with Crippen molar-refractivity contribution in [1.82, 2.24) is 5.32 Å². The minimum atomic E-state index is -3.07. The third-order valence-corrected chi connectivity index (χ3v) is 5.71. The number of rotatable bonds is 5. The van der Waals surface area contributed by atoms with Gasteiger partial charge < -0.3 is 14.8 Å². The molecular formula is C14H16BrNO6S. The Kier molecular flexibility index (Phi) is 5.64. The Labute approximate surface area is 142 Å². The van der Waals surface area contributed by atoms with E-state index < -0.39 is 34.4 Å². The number of carbonyl (C=O) groups excluding carboxylic acids is 2. The highest BCUT2D eigenvalue weighted by Crippen LogP contribution is 2.25. The first-order valence-corrected chi connectivity index (χ1v) is 9.42. The zero-order valence-corrected chi connectivity index (χ0v) is 14.8. The van der Waals surface area contributed by atoms with Crippen molar-refractivity contribution < 1.29 is 27.5 Å². The van der Waals surface area contributed by atoms with E-state index in [0.29, 0.717) is 16.6 Å². The molecule has 0 aromatic heterocycles. The number of halogens is 1. The summed E-state index contributed by atoms with van der Waals surface area (Å²) in [6, 6.07) is 4.24. The number of hydrogen-bond donors (Lipinski definition) is 1. The molecular weight excluding hydrogens is 390 g/mol. The Morgan fingerprint density at radius 1 is 1.39 bits per heavy atom. The van der Waals surface area contributed by atoms with Crippen LogP contribution < -0.4 is 10.1 Å². The lowest BCUT2D eigenvalue weighted by Crippen LogP contribution is -2.38. The van der Waals surface area contributed by atoms with Crippen LogP contribution in [0.4, 0.5) is 0 Å². The van der Waals surface area contributed by atoms with Crippen LogP contribution in [0.25, 0.3) is 0 Å². The van der Waals surface area contributed by atoms with Gasteiger partial charge in [0.05, 0.1) is 28.7 Å². The van der Waals surface area contributed by atoms with Gasteiger partial charge in [0.25, 0.3) is 5.91 Å². The monoisotopic (exact) mass is 405 g/mol. The fourth-order valence-corrected chi connectivity index (χ4v) is 4.40. The highest BCUT2D eigenvalue weighted by atomic mass is 79.9. The van der Waals surface area contributed by atoms with Crippen molar-refractivity contribution in [2.75, 3.05) is 25.2 Å². The van der Waals surface area contributed by atoms with Gasteiger partial charge in [0.2, 0.25) is 0 Å². The van der Waals surface area contributed by atoms with Gasteiger partial charge in [0.1, 0.15) is 5.75 Å². The van der Waals surface area contributed by atoms with Crippen molar-refractivity contribution in [3.63, 3.8) is 0 Å². The fraction of sp³-hybridized carbons (Fsp3) is 0.429. The van der Waals surface area contributed by atoms with E-state index in [1.165, 1.54) is 19.2 Å². The topological polar surface area (TPSA) is 98.8 Å². The molecule has 0 spiro atoms. The quantitative estimate of drug-likeness (QED) is 0.731. The van der Waals surface area contributed by atoms with Gasteiger partial charge in [-0.25, -0.2) is 13.2 Å². The Balaban J connectivity index is 1.84. The van der Waals surface area contributed by atoms with Gasteiger partial charge in [0, 0.05) is 6.04 Å². The molecule has 0 bridgehead atoms. The van der Waals surface area contributed by atoms with Crippen molar-refractivity contribution in [1.29, 1.82) is 0 Å². The van der Waals surface area contributed by atoms with E-state index in [1.54, 1.807) is 6.07 Å². The molecule has 0 radical (unpaired) electrons. The summed E-state index contributed by atoms with van der Waals surface area (Å²) in [4.78, 5) is 23.6. The third-order valence-electron chi connectivity index (χ3n) is 3.32. The maximum atomic E-state index is 11.9. The first kappa shape index (κ1) is 17.7. The van der Waals surface area contributed by atoms with Gasteiger partial charge in [-0.05, 0) is 40.5 Å². The van der Waals surface area contributed by atoms with E-state index in [0.717, 1.165) is 0 Å². The van der Waals surface area contributed by atoms with Crippen molar-refractivity contribution in [3.05, 3.63) is 28.2 Å². The first-order chi connectivity index (χ1) is 10.8. The van der Waals surface area contributed by atoms with E-state index >= 15 is 0 Å². The van der Waals surface area contributed by atoms with Crippen LogP contribution in [-0.2, 0) is 19.4 Å². The predicted octanol–water partition coefficient (Wildman–Crippen LogP) is 0.918. The minimum Gasteiger partial charge on any atom is -0.496 e. The lowest BCUT2D eigenvalue weighted by Gasteiger charge is -2.11. The van der Waals surface area contributed by atoms with Crippen LogP contribution in [0.1, 0.15) is 16.8 Å². The Morgan fingerprint density at radius 2 is 2.13 bits per heavy atom. The second kappa shape index (κ2) is 7.31. The van der Waals surface area contributed by atoms with Crippen LogP contribution in [-0.4, -0.2) is 51.6 Å². The number of hydrogen-bond acceptors (Lipinski definition) is 6. The molecule has 7 nitrogen and oxygen atoms in total. The average molecular weight is 406 g/mol. The van der Waals surface area contributed by atoms with E-state index in [9.17, 15) is 18.0 Å². The molecule has 1 fully saturated rings. The van der Waals surface area contributed by atoms with E-state index in [4.69, 9.17) is 9.47 Å². The molecule has 2 rings (SSSR count). The van der Waals surface area contributed by atoms with Crippen molar-refractivity contribution in [3.8, 4) is 5.75 Å². The molecule has 1 atom stereocenters. The predicted molar refractivity (Wildman–Crippen MR) is 86.2 cm³/mol. The number of carbonyl (C=O) groups is 2. The summed E-state index contributed by atoms with van der Waals surface area (Å²) in [5, 5.41) is 2.55. The van der Waals surface area contributed by atoms with Gasteiger partial charge in [-0.15, -0.1) is 0 Å². The van der Waals surface area contributed by atoms with Gasteiger partial charge in [-0.2, -0.15) is 0 Å². The zero-order chi connectivity index (χ0) is 17.0. The van der Waals surface area contributed by atoms with Crippen LogP contribution >= 0.6 is 15.9 Å². The Hall–Kier alpha value is -1.61. The lowest BCUT2D eigenvalue weighted by molar-refractivity contribution is -0.124. The van der Waals surface area contributed by atoms with Crippen LogP contribution in [0.15, 0.2) is 22.7 Å². The molecule has 0 aliphatic carbocycles. The molecule has 1 saturated heterocycles. The van der Waals surface area contributed by atoms with Crippen LogP contribution in [0.3, 0.4) is 0 Å². The molecule has 1 aliphatic heterocycles. The van der Waals surface area contributed by atoms with Crippen LogP contribution in [0.5, 0.6) is 5.75 Å². The lowest BCUT2D eigenvalue weighted by atomic mass is 10.2. The number of nitrogens with one attached hydrogen (secondary N) is 1. The SMILES string of the molecule is COc1ccc(C(=O)OCC(=O)N[C@H]2CCS(=O)(=O)C2)cc1Br. The Morgan fingerprint density at radius 3 is 2.70 bits per heavy atom. The first-order valence-electron chi connectivity index (χ1n) is 6.81. The molecule has 1 aromatic rings. The van der Waals surface area contributed by atoms with Crippen molar-refractivity contribution in [2.45, 2.75) is 12.5 Å². The normalized spacial score (nSPS) is 19.1. The molecule has 1 N–H and O–H groups in total. The fourth-order valence-electron chi connectivity index (χ4n) is 2.19. The van der Waals surface area contributed by atoms with Gasteiger partial charge in [-0.3, -0.25) is 4.79 Å². The van der Waals surface area contributed by atoms with Crippen molar-refractivity contribution >= 4 is 37.6 Å². The maximum absolute atomic E-state index is 11.9. The second-order valence-corrected chi connectivity index (χ2v) is 8.18. The molecule has 9 heteroatoms. The number of methoxy groups -OCH3 is 1. The van der Waals surface area contributed by atoms with Gasteiger partial charge in [0.15, 0.2) is 16.4 Å². The van der Waals surface area contributed by atoms with Gasteiger partial charge in [-0.1, -0.05) is 0 Å². The molecule has 1 heterocycles. The van der Waals surface area contributed by atoms with Crippen LogP contribution in [0, 0.1) is 0 Å². The van der Waals surface area contributed by atoms with Crippen molar-refractivity contribution in [2.24, 2.45) is 0 Å². The minimum absolute atomic E-state index is 0.0671. The second-order valence-electron chi connectivity index (χ2n) is 5.09. The number of sulfone groups is 1. The Bertz CT molecular complexity index is 718. The summed E-state index contributed by atoms with van der Waals surface area (Å²) in [7, 11) is -1.56. The van der Waals surface area contributed by atoms with Crippen LogP contribution in [0.2, 0.25) is 0 Å². The molecule has 1 aromatic carbocycles. The molecule has 0 saturated carbocycles. The summed E-state index contributed by atoms with van der Waals surface area (Å²) in [6.07, 6.45) is 0.382. The number of benzene rings is 1. The van der Waals surface area contributed by atoms with E-state index in [-0.39, 0.29) is 17.1 Å². The largest absolute Gasteiger partial charge is 0.496 e. The summed E-state index contributed by atoms with van der Waals surface area (Å²) >= 11 is 3.26. The molecule has 1 aliphatic rings. The molecule has 0 unspecified atom stereocenters. The summed E-state index contributed by atoms with van der Waals surface area (Å²) in [6.45, 7) is -0.459. The molecule has 23 heavy (non-hydrogen) atoms. The van der Waals surface area contributed by atoms with E-state index in [1.807, 2.05) is 0 Å². The smallest absolute Gasteiger partial charge is 0.338 e. The number of amides is 1. The zero-order valence-electron chi connectivity index (χ0n) is 12.4. The highest BCUT2D eigenvalue weighted by Gasteiger charge is 2.29. The maximum Gasteiger partial charge on any atom is 0.338 e. The molecule has 126 valence electrons. The third kappa shape index (κ3) is 4.93. The average Bonchev–Trinajstić information content (AvgIpc) is 2.83. The van der Waals surface area contributed by atoms with E-state index in [2.05, 4.69) is 21.2 Å². The highest BCUT2D eigenvalue weighted by molar-refractivity contribution is 9.10.